The molecule has 1 N–H and O–H groups in total. The molecule has 0 aliphatic carbocycles. The fourth-order valence-electron chi connectivity index (χ4n) is 4.65. The number of amides is 1. The summed E-state index contributed by atoms with van der Waals surface area (Å²) < 4.78 is 15.3. The van der Waals surface area contributed by atoms with Gasteiger partial charge in [-0.2, -0.15) is 0 Å². The van der Waals surface area contributed by atoms with Gasteiger partial charge < -0.3 is 9.88 Å². The van der Waals surface area contributed by atoms with Gasteiger partial charge in [-0.15, -0.1) is 11.3 Å². The van der Waals surface area contributed by atoms with Crippen LogP contribution in [0.5, 0.6) is 0 Å². The monoisotopic (exact) mass is 481 g/mol. The molecule has 3 heterocycles. The van der Waals surface area contributed by atoms with Gasteiger partial charge in [-0.05, 0) is 81.4 Å². The average Bonchev–Trinajstić information content (AvgIpc) is 3.44. The molecule has 1 saturated heterocycles. The van der Waals surface area contributed by atoms with E-state index in [1.165, 1.54) is 17.0 Å². The number of benzene rings is 1. The molecule has 0 spiro atoms. The lowest BCUT2D eigenvalue weighted by Crippen LogP contribution is -2.42. The van der Waals surface area contributed by atoms with Gasteiger partial charge in [0.25, 0.3) is 0 Å². The highest BCUT2D eigenvalue weighted by atomic mass is 32.1. The Balaban J connectivity index is 1.26. The smallest absolute Gasteiger partial charge is 0.223 e. The summed E-state index contributed by atoms with van der Waals surface area (Å²) in [6, 6.07) is 12.5. The number of Topliss-reactive ketones (excluding diaryl/α,β-unsaturated/α-hetero) is 1. The summed E-state index contributed by atoms with van der Waals surface area (Å²) in [6.07, 6.45) is 2.43. The van der Waals surface area contributed by atoms with Gasteiger partial charge in [0.1, 0.15) is 5.82 Å². The van der Waals surface area contributed by atoms with Crippen molar-refractivity contribution in [2.75, 3.05) is 26.2 Å². The maximum Gasteiger partial charge on any atom is 0.223 e. The van der Waals surface area contributed by atoms with E-state index in [4.69, 9.17) is 0 Å². The van der Waals surface area contributed by atoms with Gasteiger partial charge >= 0.3 is 0 Å². The summed E-state index contributed by atoms with van der Waals surface area (Å²) >= 11 is 1.71. The zero-order valence-electron chi connectivity index (χ0n) is 19.9. The SMILES string of the molecule is Cc1cc(C(=O)CN2CCC(C(=O)NCCc3cccs3)CC2)c(C)n1Cc1ccc(F)cc1. The van der Waals surface area contributed by atoms with Crippen molar-refractivity contribution in [2.45, 2.75) is 39.7 Å². The molecule has 3 aromatic rings. The van der Waals surface area contributed by atoms with Gasteiger partial charge in [-0.3, -0.25) is 14.5 Å². The van der Waals surface area contributed by atoms with Crippen molar-refractivity contribution in [2.24, 2.45) is 5.92 Å². The van der Waals surface area contributed by atoms with E-state index in [0.29, 0.717) is 19.6 Å². The normalized spacial score (nSPS) is 14.9. The molecule has 0 bridgehead atoms. The van der Waals surface area contributed by atoms with E-state index in [2.05, 4.69) is 26.2 Å². The molecule has 1 amide bonds. The minimum Gasteiger partial charge on any atom is -0.355 e. The van der Waals surface area contributed by atoms with Crippen LogP contribution in [-0.4, -0.2) is 47.3 Å². The Hall–Kier alpha value is -2.77. The number of halogens is 1. The number of nitrogens with one attached hydrogen (secondary N) is 1. The zero-order valence-corrected chi connectivity index (χ0v) is 20.7. The Morgan fingerprint density at radius 2 is 1.85 bits per heavy atom. The molecule has 7 heteroatoms. The van der Waals surface area contributed by atoms with E-state index < -0.39 is 0 Å². The van der Waals surface area contributed by atoms with Gasteiger partial charge in [0.15, 0.2) is 5.78 Å². The van der Waals surface area contributed by atoms with Gasteiger partial charge in [-0.1, -0.05) is 18.2 Å². The molecule has 180 valence electrons. The topological polar surface area (TPSA) is 54.3 Å². The summed E-state index contributed by atoms with van der Waals surface area (Å²) in [5, 5.41) is 5.12. The molecule has 2 aromatic heterocycles. The summed E-state index contributed by atoms with van der Waals surface area (Å²) in [5.41, 5.74) is 3.70. The van der Waals surface area contributed by atoms with Gasteiger partial charge in [0.05, 0.1) is 6.54 Å². The van der Waals surface area contributed by atoms with E-state index >= 15 is 0 Å². The Morgan fingerprint density at radius 3 is 2.53 bits per heavy atom. The molecule has 1 fully saturated rings. The molecular formula is C27H32FN3O2S. The second-order valence-electron chi connectivity index (χ2n) is 9.09. The van der Waals surface area contributed by atoms with E-state index in [1.807, 2.05) is 26.0 Å². The fourth-order valence-corrected chi connectivity index (χ4v) is 5.36. The first-order valence-corrected chi connectivity index (χ1v) is 12.8. The van der Waals surface area contributed by atoms with Crippen LogP contribution in [0.25, 0.3) is 0 Å². The highest BCUT2D eigenvalue weighted by Gasteiger charge is 2.27. The number of carbonyl (C=O) groups excluding carboxylic acids is 2. The predicted molar refractivity (Wildman–Crippen MR) is 134 cm³/mol. The third kappa shape index (κ3) is 6.02. The average molecular weight is 482 g/mol. The maximum absolute atomic E-state index is 13.2. The largest absolute Gasteiger partial charge is 0.355 e. The third-order valence-electron chi connectivity index (χ3n) is 6.70. The summed E-state index contributed by atoms with van der Waals surface area (Å²) in [6.45, 7) is 7.12. The van der Waals surface area contributed by atoms with Crippen molar-refractivity contribution < 1.29 is 14.0 Å². The number of thiophene rings is 1. The molecule has 34 heavy (non-hydrogen) atoms. The number of ketones is 1. The summed E-state index contributed by atoms with van der Waals surface area (Å²) in [5.74, 6) is 0.0137. The van der Waals surface area contributed by atoms with Crippen LogP contribution >= 0.6 is 11.3 Å². The lowest BCUT2D eigenvalue weighted by molar-refractivity contribution is -0.126. The molecule has 1 aromatic carbocycles. The van der Waals surface area contributed by atoms with Crippen molar-refractivity contribution in [3.63, 3.8) is 0 Å². The van der Waals surface area contributed by atoms with Crippen LogP contribution in [0, 0.1) is 25.6 Å². The van der Waals surface area contributed by atoms with Crippen LogP contribution in [0.1, 0.15) is 45.0 Å². The Morgan fingerprint density at radius 1 is 1.12 bits per heavy atom. The number of rotatable bonds is 9. The van der Waals surface area contributed by atoms with Crippen molar-refractivity contribution in [1.29, 1.82) is 0 Å². The van der Waals surface area contributed by atoms with E-state index in [0.717, 1.165) is 54.9 Å². The maximum atomic E-state index is 13.2. The summed E-state index contributed by atoms with van der Waals surface area (Å²) in [7, 11) is 0. The minimum atomic E-state index is -0.250. The highest BCUT2D eigenvalue weighted by Crippen LogP contribution is 2.21. The molecule has 0 unspecified atom stereocenters. The zero-order chi connectivity index (χ0) is 24.1. The number of hydrogen-bond donors (Lipinski definition) is 1. The molecular weight excluding hydrogens is 449 g/mol. The van der Waals surface area contributed by atoms with Gasteiger partial charge in [0.2, 0.25) is 5.91 Å². The molecule has 0 atom stereocenters. The first kappa shape index (κ1) is 24.4. The third-order valence-corrected chi connectivity index (χ3v) is 7.64. The summed E-state index contributed by atoms with van der Waals surface area (Å²) in [4.78, 5) is 29.0. The van der Waals surface area contributed by atoms with Crippen molar-refractivity contribution >= 4 is 23.0 Å². The number of nitrogens with zero attached hydrogens (tertiary/aromatic N) is 2. The highest BCUT2D eigenvalue weighted by molar-refractivity contribution is 7.09. The van der Waals surface area contributed by atoms with Crippen LogP contribution in [0.15, 0.2) is 47.8 Å². The van der Waals surface area contributed by atoms with Crippen molar-refractivity contribution in [3.8, 4) is 0 Å². The molecule has 1 aliphatic rings. The Labute approximate surface area is 204 Å². The first-order chi connectivity index (χ1) is 16.4. The Kier molecular flexibility index (Phi) is 7.95. The van der Waals surface area contributed by atoms with Crippen LogP contribution in [0.2, 0.25) is 0 Å². The number of carbonyl (C=O) groups is 2. The van der Waals surface area contributed by atoms with E-state index in [1.54, 1.807) is 23.5 Å². The fraction of sp³-hybridized carbons (Fsp3) is 0.407. The number of aryl methyl sites for hydroxylation is 1. The van der Waals surface area contributed by atoms with E-state index in [9.17, 15) is 14.0 Å². The molecule has 1 aliphatic heterocycles. The minimum absolute atomic E-state index is 0.0236. The second kappa shape index (κ2) is 11.1. The van der Waals surface area contributed by atoms with E-state index in [-0.39, 0.29) is 23.4 Å². The molecule has 4 rings (SSSR count). The molecule has 0 saturated carbocycles. The Bertz CT molecular complexity index is 1110. The van der Waals surface area contributed by atoms with Crippen LogP contribution in [-0.2, 0) is 17.8 Å². The van der Waals surface area contributed by atoms with Crippen LogP contribution in [0.3, 0.4) is 0 Å². The van der Waals surface area contributed by atoms with Crippen molar-refractivity contribution in [3.05, 3.63) is 81.1 Å². The van der Waals surface area contributed by atoms with Gasteiger partial charge in [-0.25, -0.2) is 4.39 Å². The van der Waals surface area contributed by atoms with Crippen LogP contribution in [0.4, 0.5) is 4.39 Å². The number of likely N-dealkylation sites (tertiary alicyclic amines) is 1. The van der Waals surface area contributed by atoms with Crippen molar-refractivity contribution in [1.82, 2.24) is 14.8 Å². The lowest BCUT2D eigenvalue weighted by atomic mass is 9.95. The quantitative estimate of drug-likeness (QED) is 0.454. The first-order valence-electron chi connectivity index (χ1n) is 11.9. The number of hydrogen-bond acceptors (Lipinski definition) is 4. The van der Waals surface area contributed by atoms with Crippen LogP contribution < -0.4 is 5.32 Å². The number of piperidine rings is 1. The molecule has 5 nitrogen and oxygen atoms in total. The second-order valence-corrected chi connectivity index (χ2v) is 10.1. The lowest BCUT2D eigenvalue weighted by Gasteiger charge is -2.30. The predicted octanol–water partition coefficient (Wildman–Crippen LogP) is 4.61. The van der Waals surface area contributed by atoms with Gasteiger partial charge in [0, 0.05) is 40.8 Å². The molecule has 0 radical (unpaired) electrons. The number of aromatic nitrogens is 1. The standard InChI is InChI=1S/C27H32FN3O2S/c1-19-16-25(20(2)31(19)17-21-5-7-23(28)8-6-21)26(32)18-30-13-10-22(11-14-30)27(33)29-12-9-24-4-3-15-34-24/h3-8,15-16,22H,9-14,17-18H2,1-2H3,(H,29,33).